The molecule has 0 atom stereocenters. The van der Waals surface area contributed by atoms with Gasteiger partial charge in [-0.2, -0.15) is 0 Å². The van der Waals surface area contributed by atoms with Crippen LogP contribution in [0, 0.1) is 6.92 Å². The van der Waals surface area contributed by atoms with E-state index in [1.807, 2.05) is 31.2 Å². The second-order valence-electron chi connectivity index (χ2n) is 5.20. The van der Waals surface area contributed by atoms with Gasteiger partial charge in [-0.15, -0.1) is 0 Å². The molecule has 0 bridgehead atoms. The van der Waals surface area contributed by atoms with Gasteiger partial charge in [-0.25, -0.2) is 4.99 Å². The molecule has 1 aliphatic rings. The van der Waals surface area contributed by atoms with Crippen LogP contribution in [0.25, 0.3) is 6.08 Å². The van der Waals surface area contributed by atoms with Crippen LogP contribution < -0.4 is 10.1 Å². The van der Waals surface area contributed by atoms with E-state index in [4.69, 9.17) is 16.3 Å². The summed E-state index contributed by atoms with van der Waals surface area (Å²) < 4.78 is 5.31. The fourth-order valence-electron chi connectivity index (χ4n) is 2.18. The summed E-state index contributed by atoms with van der Waals surface area (Å²) in [6, 6.07) is 13.1. The average Bonchev–Trinajstić information content (AvgIpc) is 2.89. The van der Waals surface area contributed by atoms with Gasteiger partial charge in [-0.3, -0.25) is 4.79 Å². The van der Waals surface area contributed by atoms with Crippen LogP contribution in [-0.2, 0) is 4.79 Å². The lowest BCUT2D eigenvalue weighted by atomic mass is 10.2. The zero-order valence-electron chi connectivity index (χ0n) is 13.2. The number of methoxy groups -OCH3 is 1. The summed E-state index contributed by atoms with van der Waals surface area (Å²) in [4.78, 5) is 17.2. The number of amidine groups is 1. The highest BCUT2D eigenvalue weighted by Crippen LogP contribution is 2.31. The molecule has 1 aliphatic heterocycles. The van der Waals surface area contributed by atoms with Crippen molar-refractivity contribution in [1.82, 2.24) is 5.32 Å². The third-order valence-corrected chi connectivity index (χ3v) is 4.54. The van der Waals surface area contributed by atoms with Crippen LogP contribution in [0.3, 0.4) is 0 Å². The van der Waals surface area contributed by atoms with Crippen LogP contribution in [0.2, 0.25) is 5.02 Å². The highest BCUT2D eigenvalue weighted by Gasteiger charge is 2.24. The minimum absolute atomic E-state index is 0.187. The van der Waals surface area contributed by atoms with Crippen molar-refractivity contribution < 1.29 is 9.53 Å². The lowest BCUT2D eigenvalue weighted by Crippen LogP contribution is -2.19. The Hall–Kier alpha value is -2.24. The van der Waals surface area contributed by atoms with Gasteiger partial charge in [0.25, 0.3) is 5.91 Å². The van der Waals surface area contributed by atoms with E-state index < -0.39 is 0 Å². The highest BCUT2D eigenvalue weighted by atomic mass is 35.5. The SMILES string of the molecule is COc1ccc(Cl)cc1/C=C1/SC(=Nc2ccc(C)cc2)NC1=O. The molecule has 6 heteroatoms. The molecular formula is C18H15ClN2O2S. The first-order chi connectivity index (χ1) is 11.5. The van der Waals surface area contributed by atoms with E-state index in [0.29, 0.717) is 20.8 Å². The Morgan fingerprint density at radius 2 is 1.96 bits per heavy atom. The van der Waals surface area contributed by atoms with Crippen molar-refractivity contribution in [1.29, 1.82) is 0 Å². The quantitative estimate of drug-likeness (QED) is 0.819. The van der Waals surface area contributed by atoms with E-state index in [2.05, 4.69) is 10.3 Å². The van der Waals surface area contributed by atoms with Gasteiger partial charge in [-0.05, 0) is 55.1 Å². The second kappa shape index (κ2) is 7.11. The maximum absolute atomic E-state index is 12.2. The van der Waals surface area contributed by atoms with Gasteiger partial charge in [0.1, 0.15) is 5.75 Å². The Morgan fingerprint density at radius 3 is 2.67 bits per heavy atom. The van der Waals surface area contributed by atoms with Crippen molar-refractivity contribution in [3.8, 4) is 5.75 Å². The Morgan fingerprint density at radius 1 is 1.21 bits per heavy atom. The van der Waals surface area contributed by atoms with Crippen molar-refractivity contribution in [2.75, 3.05) is 7.11 Å². The summed E-state index contributed by atoms with van der Waals surface area (Å²) in [5.41, 5.74) is 2.71. The normalized spacial score (nSPS) is 17.4. The van der Waals surface area contributed by atoms with E-state index in [9.17, 15) is 4.79 Å². The first kappa shape index (κ1) is 16.6. The van der Waals surface area contributed by atoms with Gasteiger partial charge >= 0.3 is 0 Å². The number of ether oxygens (including phenoxy) is 1. The van der Waals surface area contributed by atoms with Gasteiger partial charge in [0, 0.05) is 10.6 Å². The highest BCUT2D eigenvalue weighted by molar-refractivity contribution is 8.18. The Bertz CT molecular complexity index is 845. The molecule has 0 spiro atoms. The fraction of sp³-hybridized carbons (Fsp3) is 0.111. The van der Waals surface area contributed by atoms with E-state index in [1.165, 1.54) is 11.8 Å². The van der Waals surface area contributed by atoms with Crippen LogP contribution in [0.5, 0.6) is 5.75 Å². The number of rotatable bonds is 3. The zero-order chi connectivity index (χ0) is 17.1. The smallest absolute Gasteiger partial charge is 0.264 e. The first-order valence-corrected chi connectivity index (χ1v) is 8.44. The summed E-state index contributed by atoms with van der Waals surface area (Å²) in [5, 5.41) is 3.91. The van der Waals surface area contributed by atoms with Gasteiger partial charge in [0.15, 0.2) is 5.17 Å². The summed E-state index contributed by atoms with van der Waals surface area (Å²) in [6.07, 6.45) is 1.75. The van der Waals surface area contributed by atoms with Crippen molar-refractivity contribution >= 4 is 46.2 Å². The van der Waals surface area contributed by atoms with E-state index >= 15 is 0 Å². The van der Waals surface area contributed by atoms with Crippen molar-refractivity contribution in [3.63, 3.8) is 0 Å². The van der Waals surface area contributed by atoms with Crippen LogP contribution in [0.1, 0.15) is 11.1 Å². The number of aliphatic imine (C=N–C) groups is 1. The van der Waals surface area contributed by atoms with E-state index in [0.717, 1.165) is 16.8 Å². The Labute approximate surface area is 149 Å². The minimum Gasteiger partial charge on any atom is -0.496 e. The number of benzene rings is 2. The van der Waals surface area contributed by atoms with Crippen LogP contribution in [0.15, 0.2) is 52.4 Å². The predicted molar refractivity (Wildman–Crippen MR) is 100.0 cm³/mol. The van der Waals surface area contributed by atoms with Crippen LogP contribution >= 0.6 is 23.4 Å². The Kier molecular flexibility index (Phi) is 4.92. The molecule has 0 radical (unpaired) electrons. The number of carbonyl (C=O) groups is 1. The predicted octanol–water partition coefficient (Wildman–Crippen LogP) is 4.55. The number of carbonyl (C=O) groups excluding carboxylic acids is 1. The van der Waals surface area contributed by atoms with Gasteiger partial charge < -0.3 is 10.1 Å². The molecular weight excluding hydrogens is 344 g/mol. The lowest BCUT2D eigenvalue weighted by Gasteiger charge is -2.05. The molecule has 1 amide bonds. The van der Waals surface area contributed by atoms with Gasteiger partial charge in [-0.1, -0.05) is 29.3 Å². The lowest BCUT2D eigenvalue weighted by molar-refractivity contribution is -0.115. The maximum Gasteiger partial charge on any atom is 0.264 e. The number of nitrogens with one attached hydrogen (secondary N) is 1. The number of halogens is 1. The fourth-order valence-corrected chi connectivity index (χ4v) is 3.19. The maximum atomic E-state index is 12.2. The summed E-state index contributed by atoms with van der Waals surface area (Å²) in [6.45, 7) is 2.02. The molecule has 1 saturated heterocycles. The number of hydrogen-bond donors (Lipinski definition) is 1. The molecule has 0 aliphatic carbocycles. The molecule has 1 N–H and O–H groups in total. The van der Waals surface area contributed by atoms with Crippen LogP contribution in [-0.4, -0.2) is 18.2 Å². The van der Waals surface area contributed by atoms with Crippen LogP contribution in [0.4, 0.5) is 5.69 Å². The third-order valence-electron chi connectivity index (χ3n) is 3.39. The second-order valence-corrected chi connectivity index (χ2v) is 6.67. The standard InChI is InChI=1S/C18H15ClN2O2S/c1-11-3-6-14(7-4-11)20-18-21-17(22)16(24-18)10-12-9-13(19)5-8-15(12)23-2/h3-10H,1-2H3,(H,20,21,22)/b16-10+. The molecule has 0 unspecified atom stereocenters. The summed E-state index contributed by atoms with van der Waals surface area (Å²) >= 11 is 7.32. The number of aryl methyl sites for hydroxylation is 1. The number of nitrogens with zero attached hydrogens (tertiary/aromatic N) is 1. The van der Waals surface area contributed by atoms with Crippen molar-refractivity contribution in [3.05, 3.63) is 63.5 Å². The van der Waals surface area contributed by atoms with Gasteiger partial charge in [0.05, 0.1) is 17.7 Å². The molecule has 3 rings (SSSR count). The van der Waals surface area contributed by atoms with Crippen molar-refractivity contribution in [2.24, 2.45) is 4.99 Å². The average molecular weight is 359 g/mol. The molecule has 0 aromatic heterocycles. The number of amides is 1. The largest absolute Gasteiger partial charge is 0.496 e. The first-order valence-electron chi connectivity index (χ1n) is 7.25. The van der Waals surface area contributed by atoms with Gasteiger partial charge in [0.2, 0.25) is 0 Å². The molecule has 4 nitrogen and oxygen atoms in total. The molecule has 122 valence electrons. The molecule has 1 fully saturated rings. The third kappa shape index (κ3) is 3.80. The minimum atomic E-state index is -0.187. The molecule has 0 saturated carbocycles. The molecule has 1 heterocycles. The molecule has 24 heavy (non-hydrogen) atoms. The van der Waals surface area contributed by atoms with E-state index in [1.54, 1.807) is 31.4 Å². The monoisotopic (exact) mass is 358 g/mol. The molecule has 2 aromatic carbocycles. The molecule has 2 aromatic rings. The summed E-state index contributed by atoms with van der Waals surface area (Å²) in [5.74, 6) is 0.470. The van der Waals surface area contributed by atoms with E-state index in [-0.39, 0.29) is 5.91 Å². The number of thioether (sulfide) groups is 1. The summed E-state index contributed by atoms with van der Waals surface area (Å²) in [7, 11) is 1.58. The topological polar surface area (TPSA) is 50.7 Å². The zero-order valence-corrected chi connectivity index (χ0v) is 14.7. The Balaban J connectivity index is 1.87. The van der Waals surface area contributed by atoms with Crippen molar-refractivity contribution in [2.45, 2.75) is 6.92 Å². The number of hydrogen-bond acceptors (Lipinski definition) is 4.